The monoisotopic (exact) mass is 246 g/mol. The molecule has 2 rings (SSSR count). The van der Waals surface area contributed by atoms with Crippen molar-refractivity contribution >= 4 is 0 Å². The summed E-state index contributed by atoms with van der Waals surface area (Å²) in [7, 11) is 0. The van der Waals surface area contributed by atoms with Gasteiger partial charge in [0.25, 0.3) is 0 Å². The molecular weight excluding hydrogens is 220 g/mol. The molecule has 1 aromatic rings. The van der Waals surface area contributed by atoms with Gasteiger partial charge in [-0.15, -0.1) is 0 Å². The molecule has 1 fully saturated rings. The minimum atomic E-state index is 0.158. The summed E-state index contributed by atoms with van der Waals surface area (Å²) in [4.78, 5) is 2.53. The Morgan fingerprint density at radius 1 is 1.33 bits per heavy atom. The fourth-order valence-corrected chi connectivity index (χ4v) is 2.92. The van der Waals surface area contributed by atoms with Crippen LogP contribution in [0.5, 0.6) is 0 Å². The van der Waals surface area contributed by atoms with Crippen LogP contribution in [0.2, 0.25) is 0 Å². The van der Waals surface area contributed by atoms with Crippen LogP contribution in [0, 0.1) is 12.8 Å². The third-order valence-corrected chi connectivity index (χ3v) is 4.03. The molecule has 1 saturated heterocycles. The second kappa shape index (κ2) is 6.35. The van der Waals surface area contributed by atoms with Crippen LogP contribution in [-0.2, 0) is 0 Å². The SMILES string of the molecule is CCCC1CCN(CC(N)c2ccc(C)cc2)C1. The van der Waals surface area contributed by atoms with Crippen molar-refractivity contribution in [1.29, 1.82) is 0 Å². The zero-order valence-corrected chi connectivity index (χ0v) is 11.7. The summed E-state index contributed by atoms with van der Waals surface area (Å²) >= 11 is 0. The Balaban J connectivity index is 1.84. The third kappa shape index (κ3) is 3.56. The maximum absolute atomic E-state index is 6.30. The van der Waals surface area contributed by atoms with E-state index in [0.29, 0.717) is 0 Å². The lowest BCUT2D eigenvalue weighted by atomic mass is 10.0. The molecule has 1 aliphatic rings. The molecule has 1 heterocycles. The minimum Gasteiger partial charge on any atom is -0.323 e. The van der Waals surface area contributed by atoms with E-state index in [2.05, 4.69) is 43.0 Å². The molecular formula is C16H26N2. The number of hydrogen-bond donors (Lipinski definition) is 1. The highest BCUT2D eigenvalue weighted by atomic mass is 15.2. The number of nitrogens with zero attached hydrogens (tertiary/aromatic N) is 1. The molecule has 0 radical (unpaired) electrons. The average molecular weight is 246 g/mol. The first-order valence-electron chi connectivity index (χ1n) is 7.23. The Morgan fingerprint density at radius 3 is 2.72 bits per heavy atom. The van der Waals surface area contributed by atoms with Gasteiger partial charge in [0.15, 0.2) is 0 Å². The number of likely N-dealkylation sites (tertiary alicyclic amines) is 1. The normalized spacial score (nSPS) is 22.3. The molecule has 0 amide bonds. The van der Waals surface area contributed by atoms with Crippen molar-refractivity contribution in [2.24, 2.45) is 11.7 Å². The second-order valence-corrected chi connectivity index (χ2v) is 5.72. The van der Waals surface area contributed by atoms with Crippen molar-refractivity contribution in [3.8, 4) is 0 Å². The van der Waals surface area contributed by atoms with Crippen LogP contribution < -0.4 is 5.73 Å². The van der Waals surface area contributed by atoms with Crippen molar-refractivity contribution in [2.75, 3.05) is 19.6 Å². The van der Waals surface area contributed by atoms with E-state index in [1.54, 1.807) is 0 Å². The highest BCUT2D eigenvalue weighted by Crippen LogP contribution is 2.23. The fraction of sp³-hybridized carbons (Fsp3) is 0.625. The Labute approximate surface area is 111 Å². The summed E-state index contributed by atoms with van der Waals surface area (Å²) in [5.41, 5.74) is 8.87. The van der Waals surface area contributed by atoms with Gasteiger partial charge < -0.3 is 10.6 Å². The molecule has 2 N–H and O–H groups in total. The predicted molar refractivity (Wildman–Crippen MR) is 77.6 cm³/mol. The minimum absolute atomic E-state index is 0.158. The molecule has 2 heteroatoms. The molecule has 2 unspecified atom stereocenters. The molecule has 2 atom stereocenters. The molecule has 18 heavy (non-hydrogen) atoms. The Kier molecular flexibility index (Phi) is 4.79. The van der Waals surface area contributed by atoms with Gasteiger partial charge in [-0.1, -0.05) is 43.2 Å². The third-order valence-electron chi connectivity index (χ3n) is 4.03. The van der Waals surface area contributed by atoms with Crippen molar-refractivity contribution in [2.45, 2.75) is 39.2 Å². The molecule has 1 aliphatic heterocycles. The van der Waals surface area contributed by atoms with Crippen LogP contribution in [0.3, 0.4) is 0 Å². The summed E-state index contributed by atoms with van der Waals surface area (Å²) < 4.78 is 0. The quantitative estimate of drug-likeness (QED) is 0.865. The summed E-state index contributed by atoms with van der Waals surface area (Å²) in [6.07, 6.45) is 4.03. The van der Waals surface area contributed by atoms with Crippen LogP contribution in [0.1, 0.15) is 43.4 Å². The maximum Gasteiger partial charge on any atom is 0.0424 e. The highest BCUT2D eigenvalue weighted by Gasteiger charge is 2.23. The lowest BCUT2D eigenvalue weighted by molar-refractivity contribution is 0.300. The van der Waals surface area contributed by atoms with Crippen LogP contribution >= 0.6 is 0 Å². The molecule has 0 aromatic heterocycles. The van der Waals surface area contributed by atoms with Crippen molar-refractivity contribution in [1.82, 2.24) is 4.90 Å². The standard InChI is InChI=1S/C16H26N2/c1-3-4-14-9-10-18(11-14)12-16(17)15-7-5-13(2)6-8-15/h5-8,14,16H,3-4,9-12,17H2,1-2H3. The molecule has 2 nitrogen and oxygen atoms in total. The van der Waals surface area contributed by atoms with Gasteiger partial charge in [-0.25, -0.2) is 0 Å². The van der Waals surface area contributed by atoms with Gasteiger partial charge in [0.05, 0.1) is 0 Å². The molecule has 0 saturated carbocycles. The zero-order chi connectivity index (χ0) is 13.0. The van der Waals surface area contributed by atoms with E-state index < -0.39 is 0 Å². The predicted octanol–water partition coefficient (Wildman–Crippen LogP) is 3.12. The van der Waals surface area contributed by atoms with Gasteiger partial charge in [-0.05, 0) is 37.8 Å². The first-order valence-corrected chi connectivity index (χ1v) is 7.23. The van der Waals surface area contributed by atoms with Crippen LogP contribution in [-0.4, -0.2) is 24.5 Å². The van der Waals surface area contributed by atoms with E-state index in [-0.39, 0.29) is 6.04 Å². The highest BCUT2D eigenvalue weighted by molar-refractivity contribution is 5.24. The summed E-state index contributed by atoms with van der Waals surface area (Å²) in [5.74, 6) is 0.903. The van der Waals surface area contributed by atoms with E-state index in [4.69, 9.17) is 5.73 Å². The molecule has 0 bridgehead atoms. The van der Waals surface area contributed by atoms with Crippen molar-refractivity contribution in [3.63, 3.8) is 0 Å². The first-order chi connectivity index (χ1) is 8.69. The lowest BCUT2D eigenvalue weighted by Crippen LogP contribution is -2.30. The van der Waals surface area contributed by atoms with Crippen molar-refractivity contribution < 1.29 is 0 Å². The lowest BCUT2D eigenvalue weighted by Gasteiger charge is -2.21. The molecule has 0 spiro atoms. The molecule has 1 aromatic carbocycles. The number of hydrogen-bond acceptors (Lipinski definition) is 2. The maximum atomic E-state index is 6.30. The van der Waals surface area contributed by atoms with E-state index in [1.165, 1.54) is 43.5 Å². The fourth-order valence-electron chi connectivity index (χ4n) is 2.92. The first kappa shape index (κ1) is 13.6. The molecule has 0 aliphatic carbocycles. The number of nitrogens with two attached hydrogens (primary N) is 1. The zero-order valence-electron chi connectivity index (χ0n) is 11.7. The largest absolute Gasteiger partial charge is 0.323 e. The van der Waals surface area contributed by atoms with Gasteiger partial charge in [0.2, 0.25) is 0 Å². The second-order valence-electron chi connectivity index (χ2n) is 5.72. The van der Waals surface area contributed by atoms with Crippen LogP contribution in [0.4, 0.5) is 0 Å². The number of benzene rings is 1. The summed E-state index contributed by atoms with van der Waals surface area (Å²) in [5, 5.41) is 0. The van der Waals surface area contributed by atoms with E-state index >= 15 is 0 Å². The van der Waals surface area contributed by atoms with Gasteiger partial charge >= 0.3 is 0 Å². The Morgan fingerprint density at radius 2 is 2.06 bits per heavy atom. The van der Waals surface area contributed by atoms with Gasteiger partial charge in [-0.3, -0.25) is 0 Å². The smallest absolute Gasteiger partial charge is 0.0424 e. The average Bonchev–Trinajstić information content (AvgIpc) is 2.78. The van der Waals surface area contributed by atoms with E-state index in [1.807, 2.05) is 0 Å². The summed E-state index contributed by atoms with van der Waals surface area (Å²) in [6, 6.07) is 8.79. The van der Waals surface area contributed by atoms with Crippen LogP contribution in [0.25, 0.3) is 0 Å². The molecule has 100 valence electrons. The number of rotatable bonds is 5. The van der Waals surface area contributed by atoms with Crippen molar-refractivity contribution in [3.05, 3.63) is 35.4 Å². The van der Waals surface area contributed by atoms with Gasteiger partial charge in [0.1, 0.15) is 0 Å². The van der Waals surface area contributed by atoms with E-state index in [0.717, 1.165) is 12.5 Å². The van der Waals surface area contributed by atoms with Crippen LogP contribution in [0.15, 0.2) is 24.3 Å². The Bertz CT molecular complexity index is 358. The topological polar surface area (TPSA) is 29.3 Å². The van der Waals surface area contributed by atoms with Gasteiger partial charge in [-0.2, -0.15) is 0 Å². The number of aryl methyl sites for hydroxylation is 1. The van der Waals surface area contributed by atoms with E-state index in [9.17, 15) is 0 Å². The summed E-state index contributed by atoms with van der Waals surface area (Å²) in [6.45, 7) is 7.87. The van der Waals surface area contributed by atoms with Gasteiger partial charge in [0, 0.05) is 19.1 Å². The Hall–Kier alpha value is -0.860.